The molecule has 2 nitrogen and oxygen atoms in total. The molecule has 2 heteroatoms. The maximum absolute atomic E-state index is 12.5. The normalized spacial score (nSPS) is 16.0. The Hall–Kier alpha value is -2.09. The number of carbonyl (C=O) groups excluding carboxylic acids is 1. The second-order valence-corrected chi connectivity index (χ2v) is 5.62. The third-order valence-corrected chi connectivity index (χ3v) is 4.15. The summed E-state index contributed by atoms with van der Waals surface area (Å²) in [5, 5.41) is 0. The summed E-state index contributed by atoms with van der Waals surface area (Å²) in [7, 11) is 0. The zero-order chi connectivity index (χ0) is 14.5. The second-order valence-electron chi connectivity index (χ2n) is 5.62. The molecule has 0 unspecified atom stereocenters. The first-order valence-corrected chi connectivity index (χ1v) is 7.75. The monoisotopic (exact) mass is 279 g/mol. The Balaban J connectivity index is 2.01. The fourth-order valence-electron chi connectivity index (χ4n) is 3.10. The molecule has 0 spiro atoms. The molecule has 0 bridgehead atoms. The van der Waals surface area contributed by atoms with E-state index in [1.54, 1.807) is 0 Å². The molecule has 3 rings (SSSR count). The van der Waals surface area contributed by atoms with Gasteiger partial charge in [-0.05, 0) is 24.0 Å². The average molecular weight is 279 g/mol. The quantitative estimate of drug-likeness (QED) is 0.825. The van der Waals surface area contributed by atoms with Gasteiger partial charge in [0, 0.05) is 13.0 Å². The van der Waals surface area contributed by atoms with Crippen LogP contribution in [-0.4, -0.2) is 17.4 Å². The number of likely N-dealkylation sites (tertiary alicyclic amines) is 1. The minimum absolute atomic E-state index is 0.0398. The Labute approximate surface area is 126 Å². The fraction of sp³-hybridized carbons (Fsp3) is 0.316. The van der Waals surface area contributed by atoms with Crippen molar-refractivity contribution in [2.75, 3.05) is 6.54 Å². The van der Waals surface area contributed by atoms with E-state index in [2.05, 4.69) is 29.2 Å². The highest BCUT2D eigenvalue weighted by Crippen LogP contribution is 2.31. The lowest BCUT2D eigenvalue weighted by atomic mass is 9.96. The number of hydrogen-bond donors (Lipinski definition) is 0. The van der Waals surface area contributed by atoms with Gasteiger partial charge in [0.15, 0.2) is 0 Å². The summed E-state index contributed by atoms with van der Waals surface area (Å²) >= 11 is 0. The molecule has 0 aliphatic carbocycles. The maximum Gasteiger partial charge on any atom is 0.223 e. The van der Waals surface area contributed by atoms with Crippen LogP contribution in [0.4, 0.5) is 0 Å². The van der Waals surface area contributed by atoms with Crippen LogP contribution in [0.1, 0.15) is 42.9 Å². The second kappa shape index (κ2) is 6.57. The Morgan fingerprint density at radius 2 is 1.33 bits per heavy atom. The summed E-state index contributed by atoms with van der Waals surface area (Å²) in [6, 6.07) is 20.8. The first-order valence-electron chi connectivity index (χ1n) is 7.75. The molecule has 108 valence electrons. The number of amides is 1. The average Bonchev–Trinajstić information content (AvgIpc) is 2.75. The third-order valence-electron chi connectivity index (χ3n) is 4.15. The molecular weight excluding hydrogens is 258 g/mol. The van der Waals surface area contributed by atoms with Gasteiger partial charge in [0.05, 0.1) is 6.04 Å². The van der Waals surface area contributed by atoms with Crippen LogP contribution in [-0.2, 0) is 4.79 Å². The molecule has 1 amide bonds. The van der Waals surface area contributed by atoms with E-state index in [1.807, 2.05) is 36.4 Å². The smallest absolute Gasteiger partial charge is 0.223 e. The van der Waals surface area contributed by atoms with E-state index in [9.17, 15) is 4.79 Å². The first kappa shape index (κ1) is 13.9. The van der Waals surface area contributed by atoms with Gasteiger partial charge in [-0.15, -0.1) is 0 Å². The number of rotatable bonds is 3. The van der Waals surface area contributed by atoms with Gasteiger partial charge in [-0.3, -0.25) is 4.79 Å². The fourth-order valence-corrected chi connectivity index (χ4v) is 3.10. The van der Waals surface area contributed by atoms with Crippen molar-refractivity contribution in [3.05, 3.63) is 71.8 Å². The van der Waals surface area contributed by atoms with Crippen LogP contribution in [0.3, 0.4) is 0 Å². The molecule has 1 fully saturated rings. The summed E-state index contributed by atoms with van der Waals surface area (Å²) < 4.78 is 0. The largest absolute Gasteiger partial charge is 0.332 e. The molecule has 0 radical (unpaired) electrons. The minimum Gasteiger partial charge on any atom is -0.332 e. The highest BCUT2D eigenvalue weighted by molar-refractivity contribution is 5.77. The summed E-state index contributed by atoms with van der Waals surface area (Å²) in [5.41, 5.74) is 2.39. The molecule has 0 atom stereocenters. The summed E-state index contributed by atoms with van der Waals surface area (Å²) in [6.45, 7) is 0.854. The van der Waals surface area contributed by atoms with Crippen molar-refractivity contribution >= 4 is 5.91 Å². The SMILES string of the molecule is O=C1CCCCCN1C(c1ccccc1)c1ccccc1. The predicted molar refractivity (Wildman–Crippen MR) is 84.9 cm³/mol. The van der Waals surface area contributed by atoms with Crippen molar-refractivity contribution in [1.82, 2.24) is 4.90 Å². The van der Waals surface area contributed by atoms with Gasteiger partial charge in [-0.25, -0.2) is 0 Å². The highest BCUT2D eigenvalue weighted by Gasteiger charge is 2.27. The zero-order valence-electron chi connectivity index (χ0n) is 12.2. The van der Waals surface area contributed by atoms with Crippen LogP contribution in [0.25, 0.3) is 0 Å². The molecule has 2 aromatic carbocycles. The summed E-state index contributed by atoms with van der Waals surface area (Å²) in [6.07, 6.45) is 3.95. The van der Waals surface area contributed by atoms with E-state index in [-0.39, 0.29) is 11.9 Å². The van der Waals surface area contributed by atoms with Crippen LogP contribution in [0, 0.1) is 0 Å². The van der Waals surface area contributed by atoms with E-state index in [0.717, 1.165) is 25.8 Å². The van der Waals surface area contributed by atoms with E-state index in [0.29, 0.717) is 6.42 Å². The molecule has 1 heterocycles. The molecule has 1 aliphatic heterocycles. The van der Waals surface area contributed by atoms with E-state index >= 15 is 0 Å². The molecule has 0 aromatic heterocycles. The molecular formula is C19H21NO. The minimum atomic E-state index is 0.0398. The van der Waals surface area contributed by atoms with Crippen LogP contribution in [0.5, 0.6) is 0 Å². The molecule has 0 N–H and O–H groups in total. The van der Waals surface area contributed by atoms with Crippen LogP contribution >= 0.6 is 0 Å². The zero-order valence-corrected chi connectivity index (χ0v) is 12.2. The third kappa shape index (κ3) is 3.15. The van der Waals surface area contributed by atoms with Gasteiger partial charge in [-0.2, -0.15) is 0 Å². The summed E-state index contributed by atoms with van der Waals surface area (Å²) in [5.74, 6) is 0.283. The number of benzene rings is 2. The lowest BCUT2D eigenvalue weighted by Gasteiger charge is -2.31. The van der Waals surface area contributed by atoms with Gasteiger partial charge >= 0.3 is 0 Å². The lowest BCUT2D eigenvalue weighted by Crippen LogP contribution is -2.35. The molecule has 1 saturated heterocycles. The Bertz CT molecular complexity index is 540. The van der Waals surface area contributed by atoms with Crippen molar-refractivity contribution in [1.29, 1.82) is 0 Å². The van der Waals surface area contributed by atoms with Crippen molar-refractivity contribution < 1.29 is 4.79 Å². The molecule has 0 saturated carbocycles. The predicted octanol–water partition coefficient (Wildman–Crippen LogP) is 4.18. The Kier molecular flexibility index (Phi) is 4.34. The van der Waals surface area contributed by atoms with Crippen LogP contribution in [0.15, 0.2) is 60.7 Å². The van der Waals surface area contributed by atoms with Gasteiger partial charge in [0.2, 0.25) is 5.91 Å². The van der Waals surface area contributed by atoms with E-state index in [1.165, 1.54) is 11.1 Å². The highest BCUT2D eigenvalue weighted by atomic mass is 16.2. The van der Waals surface area contributed by atoms with Crippen LogP contribution in [0.2, 0.25) is 0 Å². The van der Waals surface area contributed by atoms with E-state index < -0.39 is 0 Å². The van der Waals surface area contributed by atoms with Crippen molar-refractivity contribution in [3.8, 4) is 0 Å². The van der Waals surface area contributed by atoms with E-state index in [4.69, 9.17) is 0 Å². The van der Waals surface area contributed by atoms with Crippen molar-refractivity contribution in [2.24, 2.45) is 0 Å². The van der Waals surface area contributed by atoms with Gasteiger partial charge in [0.1, 0.15) is 0 Å². The Morgan fingerprint density at radius 1 is 0.762 bits per heavy atom. The molecule has 2 aromatic rings. The standard InChI is InChI=1S/C19H21NO/c21-18-14-8-3-9-15-20(18)19(16-10-4-1-5-11-16)17-12-6-2-7-13-17/h1-2,4-7,10-13,19H,3,8-9,14-15H2. The first-order chi connectivity index (χ1) is 10.4. The lowest BCUT2D eigenvalue weighted by molar-refractivity contribution is -0.132. The number of hydrogen-bond acceptors (Lipinski definition) is 1. The number of carbonyl (C=O) groups is 1. The van der Waals surface area contributed by atoms with Crippen molar-refractivity contribution in [2.45, 2.75) is 31.7 Å². The maximum atomic E-state index is 12.5. The Morgan fingerprint density at radius 3 is 1.90 bits per heavy atom. The van der Waals surface area contributed by atoms with Crippen LogP contribution < -0.4 is 0 Å². The molecule has 21 heavy (non-hydrogen) atoms. The summed E-state index contributed by atoms with van der Waals surface area (Å²) in [4.78, 5) is 14.6. The molecule has 1 aliphatic rings. The topological polar surface area (TPSA) is 20.3 Å². The number of nitrogens with zero attached hydrogens (tertiary/aromatic N) is 1. The van der Waals surface area contributed by atoms with Gasteiger partial charge < -0.3 is 4.90 Å². The van der Waals surface area contributed by atoms with Gasteiger partial charge in [-0.1, -0.05) is 67.1 Å². The van der Waals surface area contributed by atoms with Crippen molar-refractivity contribution in [3.63, 3.8) is 0 Å². The van der Waals surface area contributed by atoms with Gasteiger partial charge in [0.25, 0.3) is 0 Å².